The molecule has 102 valence electrons. The maximum absolute atomic E-state index is 12.3. The minimum absolute atomic E-state index is 1.46. The Morgan fingerprint density at radius 2 is 1.71 bits per heavy atom. The zero-order valence-corrected chi connectivity index (χ0v) is 13.1. The van der Waals surface area contributed by atoms with Gasteiger partial charge >= 0.3 is 12.1 Å². The van der Waals surface area contributed by atoms with Crippen LogP contribution < -0.4 is 0 Å². The van der Waals surface area contributed by atoms with E-state index < -0.39 is 36.3 Å². The van der Waals surface area contributed by atoms with Gasteiger partial charge in [-0.25, -0.2) is 4.79 Å². The van der Waals surface area contributed by atoms with Gasteiger partial charge < -0.3 is 4.74 Å². The van der Waals surface area contributed by atoms with Gasteiger partial charge in [0.25, 0.3) is 10.1 Å². The molecule has 0 aromatic heterocycles. The van der Waals surface area contributed by atoms with E-state index >= 15 is 0 Å². The molecular formula is C5H4Br3F3O5S. The number of carbonyl (C=O) groups is 1. The molecule has 0 saturated heterocycles. The molecule has 17 heavy (non-hydrogen) atoms. The minimum atomic E-state index is -5.12. The number of hydrogen-bond donors (Lipinski definition) is 1. The van der Waals surface area contributed by atoms with Gasteiger partial charge in [-0.3, -0.25) is 4.55 Å². The second kappa shape index (κ2) is 5.72. The molecule has 1 atom stereocenters. The first kappa shape index (κ1) is 17.6. The summed E-state index contributed by atoms with van der Waals surface area (Å²) in [6.45, 7) is 0. The largest absolute Gasteiger partial charge is 0.449 e. The molecule has 0 aromatic rings. The van der Waals surface area contributed by atoms with Crippen molar-refractivity contribution in [1.82, 2.24) is 0 Å². The van der Waals surface area contributed by atoms with Gasteiger partial charge in [0.1, 0.15) is 5.75 Å². The van der Waals surface area contributed by atoms with Crippen LogP contribution in [0.5, 0.6) is 0 Å². The van der Waals surface area contributed by atoms with Gasteiger partial charge in [0.2, 0.25) is 8.25 Å². The Labute approximate surface area is 119 Å². The average Bonchev–Trinajstić information content (AvgIpc) is 1.96. The van der Waals surface area contributed by atoms with Gasteiger partial charge in [-0.15, -0.1) is 0 Å². The molecule has 0 fully saturated rings. The zero-order chi connectivity index (χ0) is 14.1. The molecule has 0 aliphatic rings. The number of esters is 1. The second-order valence-corrected chi connectivity index (χ2v) is 10.9. The van der Waals surface area contributed by atoms with Crippen molar-refractivity contribution < 1.29 is 35.7 Å². The Kier molecular flexibility index (Phi) is 5.92. The second-order valence-electron chi connectivity index (χ2n) is 2.68. The lowest BCUT2D eigenvalue weighted by Gasteiger charge is -2.21. The SMILES string of the molecule is O=C(OC(CS(=O)(=O)O)C(F)(F)F)C(Br)(Br)Br. The Bertz CT molecular complexity index is 387. The molecule has 0 heterocycles. The summed E-state index contributed by atoms with van der Waals surface area (Å²) in [6.07, 6.45) is -8.08. The van der Waals surface area contributed by atoms with Crippen LogP contribution in [0, 0.1) is 0 Å². The van der Waals surface area contributed by atoms with Crippen LogP contribution in [-0.2, 0) is 19.6 Å². The molecule has 0 rings (SSSR count). The van der Waals surface area contributed by atoms with E-state index in [0.29, 0.717) is 0 Å². The summed E-state index contributed by atoms with van der Waals surface area (Å²) in [4.78, 5) is 11.1. The summed E-state index contributed by atoms with van der Waals surface area (Å²) in [7, 11) is -4.94. The standard InChI is InChI=1S/C5H4Br3F3O5S/c6-4(7,8)3(12)16-2(5(9,10)11)1-17(13,14)15/h2H,1H2,(H,13,14,15). The van der Waals surface area contributed by atoms with E-state index in [1.807, 2.05) is 0 Å². The fraction of sp³-hybridized carbons (Fsp3) is 0.800. The number of alkyl halides is 6. The van der Waals surface area contributed by atoms with Crippen molar-refractivity contribution in [2.45, 2.75) is 14.4 Å². The van der Waals surface area contributed by atoms with Crippen molar-refractivity contribution in [2.75, 3.05) is 5.75 Å². The highest BCUT2D eigenvalue weighted by molar-refractivity contribution is 9.40. The van der Waals surface area contributed by atoms with Gasteiger partial charge in [0, 0.05) is 0 Å². The van der Waals surface area contributed by atoms with Crippen molar-refractivity contribution in [1.29, 1.82) is 0 Å². The lowest BCUT2D eigenvalue weighted by Crippen LogP contribution is -2.41. The quantitative estimate of drug-likeness (QED) is 0.387. The number of ether oxygens (including phenoxy) is 1. The van der Waals surface area contributed by atoms with Gasteiger partial charge in [-0.2, -0.15) is 21.6 Å². The highest BCUT2D eigenvalue weighted by Gasteiger charge is 2.47. The third-order valence-corrected chi connectivity index (χ3v) is 2.90. The lowest BCUT2D eigenvalue weighted by molar-refractivity contribution is -0.214. The van der Waals surface area contributed by atoms with E-state index in [0.717, 1.165) is 0 Å². The van der Waals surface area contributed by atoms with Crippen LogP contribution >= 0.6 is 47.8 Å². The highest BCUT2D eigenvalue weighted by atomic mass is 80.0. The van der Waals surface area contributed by atoms with Crippen LogP contribution in [0.25, 0.3) is 0 Å². The molecular weight excluding hydrogens is 469 g/mol. The monoisotopic (exact) mass is 470 g/mol. The van der Waals surface area contributed by atoms with Crippen LogP contribution in [0.2, 0.25) is 0 Å². The van der Waals surface area contributed by atoms with Crippen LogP contribution in [0.3, 0.4) is 0 Å². The maximum atomic E-state index is 12.3. The van der Waals surface area contributed by atoms with Gasteiger partial charge in [-0.05, 0) is 47.8 Å². The van der Waals surface area contributed by atoms with Crippen LogP contribution in [0.4, 0.5) is 13.2 Å². The molecule has 0 saturated carbocycles. The molecule has 0 spiro atoms. The van der Waals surface area contributed by atoms with Crippen molar-refractivity contribution in [2.24, 2.45) is 0 Å². The number of hydrogen-bond acceptors (Lipinski definition) is 4. The van der Waals surface area contributed by atoms with E-state index in [1.54, 1.807) is 0 Å². The summed E-state index contributed by atoms with van der Waals surface area (Å²) in [5, 5.41) is 0. The summed E-state index contributed by atoms with van der Waals surface area (Å²) >= 11 is 7.79. The fourth-order valence-electron chi connectivity index (χ4n) is 0.583. The third-order valence-electron chi connectivity index (χ3n) is 1.21. The average molecular weight is 473 g/mol. The molecule has 1 N–H and O–H groups in total. The number of rotatable bonds is 3. The summed E-state index contributed by atoms with van der Waals surface area (Å²) in [5.74, 6) is -3.23. The van der Waals surface area contributed by atoms with Crippen LogP contribution in [0.1, 0.15) is 0 Å². The number of carbonyl (C=O) groups excluding carboxylic acids is 1. The van der Waals surface area contributed by atoms with Crippen molar-refractivity contribution in [3.63, 3.8) is 0 Å². The maximum Gasteiger partial charge on any atom is 0.426 e. The van der Waals surface area contributed by atoms with Crippen LogP contribution in [0.15, 0.2) is 0 Å². The van der Waals surface area contributed by atoms with Crippen molar-refractivity contribution >= 4 is 63.9 Å². The molecule has 0 aromatic carbocycles. The lowest BCUT2D eigenvalue weighted by atomic mass is 10.4. The van der Waals surface area contributed by atoms with Gasteiger partial charge in [-0.1, -0.05) is 0 Å². The van der Waals surface area contributed by atoms with E-state index in [9.17, 15) is 26.4 Å². The Hall–Kier alpha value is 0.610. The van der Waals surface area contributed by atoms with Gasteiger partial charge in [0.15, 0.2) is 0 Å². The van der Waals surface area contributed by atoms with Crippen LogP contribution in [-0.4, -0.2) is 39.1 Å². The third kappa shape index (κ3) is 7.59. The number of halogens is 6. The highest BCUT2D eigenvalue weighted by Crippen LogP contribution is 2.36. The molecule has 0 aliphatic heterocycles. The predicted molar refractivity (Wildman–Crippen MR) is 61.9 cm³/mol. The predicted octanol–water partition coefficient (Wildman–Crippen LogP) is 2.19. The molecule has 0 bridgehead atoms. The molecule has 0 amide bonds. The first-order chi connectivity index (χ1) is 7.23. The van der Waals surface area contributed by atoms with Crippen molar-refractivity contribution in [3.05, 3.63) is 0 Å². The van der Waals surface area contributed by atoms with E-state index in [4.69, 9.17) is 4.55 Å². The first-order valence-corrected chi connectivity index (χ1v) is 7.52. The Morgan fingerprint density at radius 1 is 1.29 bits per heavy atom. The molecule has 12 heteroatoms. The summed E-state index contributed by atoms with van der Waals surface area (Å²) in [6, 6.07) is 0. The summed E-state index contributed by atoms with van der Waals surface area (Å²) < 4.78 is 68.1. The molecule has 0 radical (unpaired) electrons. The minimum Gasteiger partial charge on any atom is -0.449 e. The van der Waals surface area contributed by atoms with E-state index in [1.165, 1.54) is 0 Å². The topological polar surface area (TPSA) is 80.7 Å². The smallest absolute Gasteiger partial charge is 0.426 e. The first-order valence-electron chi connectivity index (χ1n) is 3.53. The van der Waals surface area contributed by atoms with Crippen molar-refractivity contribution in [3.8, 4) is 0 Å². The van der Waals surface area contributed by atoms with Gasteiger partial charge in [0.05, 0.1) is 0 Å². The molecule has 1 unspecified atom stereocenters. The molecule has 5 nitrogen and oxygen atoms in total. The van der Waals surface area contributed by atoms with E-state index in [-0.39, 0.29) is 0 Å². The van der Waals surface area contributed by atoms with E-state index in [2.05, 4.69) is 52.5 Å². The zero-order valence-electron chi connectivity index (χ0n) is 7.54. The Balaban J connectivity index is 4.94. The molecule has 0 aliphatic carbocycles. The summed E-state index contributed by atoms with van der Waals surface area (Å²) in [5.41, 5.74) is 0. The Morgan fingerprint density at radius 3 is 1.94 bits per heavy atom. The normalized spacial score (nSPS) is 15.5. The fourth-order valence-corrected chi connectivity index (χ4v) is 1.50.